The molecule has 0 fully saturated rings. The van der Waals surface area contributed by atoms with E-state index >= 15 is 0 Å². The number of benzene rings is 1. The number of nitrogen functional groups attached to an aromatic ring is 1. The van der Waals surface area contributed by atoms with Gasteiger partial charge in [-0.15, -0.1) is 4.40 Å². The Hall–Kier alpha value is -2.07. The average molecular weight is 243 g/mol. The number of hydrogen-bond donors (Lipinski definition) is 2. The highest BCUT2D eigenvalue weighted by atomic mass is 32.1. The quantitative estimate of drug-likeness (QED) is 0.509. The van der Waals surface area contributed by atoms with Crippen molar-refractivity contribution in [2.75, 3.05) is 5.73 Å². The van der Waals surface area contributed by atoms with E-state index in [4.69, 9.17) is 5.73 Å². The number of nitrogens with zero attached hydrogens (tertiary/aromatic N) is 1. The summed E-state index contributed by atoms with van der Waals surface area (Å²) in [5.41, 5.74) is 7.40. The van der Waals surface area contributed by atoms with Crippen LogP contribution in [0.4, 0.5) is 5.69 Å². The van der Waals surface area contributed by atoms with Gasteiger partial charge in [-0.1, -0.05) is 23.5 Å². The molecule has 3 N–H and O–H groups in total. The minimum Gasteiger partial charge on any atom is -0.458 e. The van der Waals surface area contributed by atoms with E-state index in [9.17, 15) is 5.11 Å². The molecule has 0 atom stereocenters. The van der Waals surface area contributed by atoms with E-state index in [2.05, 4.69) is 0 Å². The smallest absolute Gasteiger partial charge is 0.390 e. The molecule has 1 aromatic carbocycles. The van der Waals surface area contributed by atoms with Gasteiger partial charge in [0.2, 0.25) is 0 Å². The second-order valence-corrected chi connectivity index (χ2v) is 4.82. The lowest BCUT2D eigenvalue weighted by atomic mass is 10.2. The summed E-state index contributed by atoms with van der Waals surface area (Å²) in [4.78, 5) is 1.84. The first kappa shape index (κ1) is 10.1. The number of nitrogens with two attached hydrogens (primary N) is 1. The minimum absolute atomic E-state index is 0.260. The Labute approximate surface area is 102 Å². The number of anilines is 1. The molecule has 0 saturated carbocycles. The predicted octanol–water partition coefficient (Wildman–Crippen LogP) is 2.44. The number of rotatable bonds is 1. The zero-order valence-electron chi connectivity index (χ0n) is 9.00. The summed E-state index contributed by atoms with van der Waals surface area (Å²) in [7, 11) is 0. The van der Waals surface area contributed by atoms with Crippen molar-refractivity contribution in [2.45, 2.75) is 0 Å². The van der Waals surface area contributed by atoms with Crippen LogP contribution in [0.1, 0.15) is 0 Å². The zero-order chi connectivity index (χ0) is 11.8. The lowest BCUT2D eigenvalue weighted by Crippen LogP contribution is -2.16. The molecule has 3 nitrogen and oxygen atoms in total. The Kier molecular flexibility index (Phi) is 2.23. The van der Waals surface area contributed by atoms with Crippen molar-refractivity contribution >= 4 is 21.9 Å². The van der Waals surface area contributed by atoms with Crippen LogP contribution in [0.25, 0.3) is 15.3 Å². The average Bonchev–Trinajstić information content (AvgIpc) is 2.68. The van der Waals surface area contributed by atoms with Gasteiger partial charge in [0.25, 0.3) is 4.83 Å². The van der Waals surface area contributed by atoms with Crippen molar-refractivity contribution in [3.63, 3.8) is 0 Å². The molecule has 2 heterocycles. The normalized spacial score (nSPS) is 10.8. The van der Waals surface area contributed by atoms with Crippen molar-refractivity contribution in [1.29, 1.82) is 0 Å². The summed E-state index contributed by atoms with van der Waals surface area (Å²) < 4.78 is 1.77. The largest absolute Gasteiger partial charge is 0.458 e. The summed E-state index contributed by atoms with van der Waals surface area (Å²) in [6, 6.07) is 13.4. The molecule has 2 aromatic heterocycles. The molecular formula is C13H11N2OS+. The fourth-order valence-electron chi connectivity index (χ4n) is 1.81. The Bertz CT molecular complexity index is 691. The number of fused-ring (bicyclic) bond motifs is 1. The highest BCUT2D eigenvalue weighted by molar-refractivity contribution is 7.20. The van der Waals surface area contributed by atoms with E-state index < -0.39 is 0 Å². The van der Waals surface area contributed by atoms with Gasteiger partial charge in [0.05, 0.1) is 0 Å². The molecule has 0 bridgehead atoms. The molecule has 4 heteroatoms. The maximum absolute atomic E-state index is 10.2. The van der Waals surface area contributed by atoms with Crippen molar-refractivity contribution in [3.05, 3.63) is 48.7 Å². The minimum atomic E-state index is 0.260. The van der Waals surface area contributed by atoms with Gasteiger partial charge in [0.1, 0.15) is 0 Å². The first-order valence-corrected chi connectivity index (χ1v) is 6.05. The Morgan fingerprint density at radius 2 is 2.00 bits per heavy atom. The Balaban J connectivity index is 2.27. The maximum Gasteiger partial charge on any atom is 0.390 e. The molecular weight excluding hydrogens is 232 g/mol. The maximum atomic E-state index is 10.2. The number of aromatic hydroxyl groups is 1. The van der Waals surface area contributed by atoms with Crippen LogP contribution < -0.4 is 10.1 Å². The topological polar surface area (TPSA) is 50.3 Å². The third-order valence-corrected chi connectivity index (χ3v) is 3.77. The Morgan fingerprint density at radius 1 is 1.12 bits per heavy atom. The van der Waals surface area contributed by atoms with Crippen LogP contribution in [0.5, 0.6) is 5.88 Å². The summed E-state index contributed by atoms with van der Waals surface area (Å²) >= 11 is 1.54. The van der Waals surface area contributed by atoms with Crippen LogP contribution in [-0.2, 0) is 0 Å². The van der Waals surface area contributed by atoms with Crippen LogP contribution in [0.15, 0.2) is 48.7 Å². The van der Waals surface area contributed by atoms with Gasteiger partial charge in [-0.05, 0) is 18.2 Å². The molecule has 0 aliphatic carbocycles. The lowest BCUT2D eigenvalue weighted by Gasteiger charge is -1.96. The number of aromatic nitrogens is 1. The van der Waals surface area contributed by atoms with E-state index in [1.807, 2.05) is 48.7 Å². The summed E-state index contributed by atoms with van der Waals surface area (Å²) in [5.74, 6) is 0.260. The molecule has 84 valence electrons. The molecule has 0 unspecified atom stereocenters. The fraction of sp³-hybridized carbons (Fsp3) is 0. The first-order valence-electron chi connectivity index (χ1n) is 5.24. The third-order valence-electron chi connectivity index (χ3n) is 2.61. The van der Waals surface area contributed by atoms with Crippen molar-refractivity contribution in [1.82, 2.24) is 0 Å². The molecule has 0 saturated heterocycles. The number of thiazole rings is 1. The third kappa shape index (κ3) is 1.62. The monoisotopic (exact) mass is 243 g/mol. The van der Waals surface area contributed by atoms with Crippen molar-refractivity contribution in [2.24, 2.45) is 0 Å². The molecule has 3 rings (SSSR count). The molecule has 0 radical (unpaired) electrons. The Morgan fingerprint density at radius 3 is 2.76 bits per heavy atom. The van der Waals surface area contributed by atoms with E-state index in [0.29, 0.717) is 5.69 Å². The second kappa shape index (κ2) is 3.75. The predicted molar refractivity (Wildman–Crippen MR) is 69.0 cm³/mol. The summed E-state index contributed by atoms with van der Waals surface area (Å²) in [5, 5.41) is 10.2. The molecule has 0 aliphatic heterocycles. The van der Waals surface area contributed by atoms with Gasteiger partial charge in [0, 0.05) is 23.4 Å². The van der Waals surface area contributed by atoms with E-state index in [0.717, 1.165) is 15.3 Å². The van der Waals surface area contributed by atoms with Gasteiger partial charge in [0.15, 0.2) is 11.1 Å². The second-order valence-electron chi connectivity index (χ2n) is 3.79. The number of hydrogen-bond acceptors (Lipinski definition) is 3. The van der Waals surface area contributed by atoms with E-state index in [1.165, 1.54) is 0 Å². The van der Waals surface area contributed by atoms with E-state index in [1.54, 1.807) is 15.7 Å². The van der Waals surface area contributed by atoms with Crippen LogP contribution in [0.2, 0.25) is 0 Å². The van der Waals surface area contributed by atoms with Gasteiger partial charge < -0.3 is 10.8 Å². The lowest BCUT2D eigenvalue weighted by molar-refractivity contribution is -0.517. The molecule has 3 aromatic rings. The molecule has 0 aliphatic rings. The fourth-order valence-corrected chi connectivity index (χ4v) is 2.85. The van der Waals surface area contributed by atoms with Gasteiger partial charge in [-0.25, -0.2) is 0 Å². The van der Waals surface area contributed by atoms with Crippen LogP contribution in [-0.4, -0.2) is 5.11 Å². The zero-order valence-corrected chi connectivity index (χ0v) is 9.82. The highest BCUT2D eigenvalue weighted by Gasteiger charge is 2.20. The SMILES string of the molecule is Nc1cccc(-c2sc3cccc[n+]3c2O)c1. The summed E-state index contributed by atoms with van der Waals surface area (Å²) in [6.45, 7) is 0. The molecule has 17 heavy (non-hydrogen) atoms. The van der Waals surface area contributed by atoms with Crippen molar-refractivity contribution < 1.29 is 9.51 Å². The van der Waals surface area contributed by atoms with Crippen LogP contribution >= 0.6 is 11.3 Å². The van der Waals surface area contributed by atoms with Gasteiger partial charge in [-0.2, -0.15) is 0 Å². The van der Waals surface area contributed by atoms with Crippen LogP contribution in [0, 0.1) is 0 Å². The van der Waals surface area contributed by atoms with E-state index in [-0.39, 0.29) is 5.88 Å². The molecule has 0 amide bonds. The highest BCUT2D eigenvalue weighted by Crippen LogP contribution is 2.34. The first-order chi connectivity index (χ1) is 8.25. The van der Waals surface area contributed by atoms with Crippen molar-refractivity contribution in [3.8, 4) is 16.3 Å². The molecule has 0 spiro atoms. The summed E-state index contributed by atoms with van der Waals surface area (Å²) in [6.07, 6.45) is 1.84. The standard InChI is InChI=1S/C13H10N2OS/c14-10-5-3-4-9(8-10)12-13(16)15-7-2-1-6-11(15)17-12/h1-8H,14H2/p+1. The van der Waals surface area contributed by atoms with Crippen LogP contribution in [0.3, 0.4) is 0 Å². The number of pyridine rings is 1. The van der Waals surface area contributed by atoms with Gasteiger partial charge in [-0.3, -0.25) is 0 Å². The van der Waals surface area contributed by atoms with Gasteiger partial charge >= 0.3 is 5.88 Å².